The van der Waals surface area contributed by atoms with E-state index in [0.717, 1.165) is 9.88 Å². The van der Waals surface area contributed by atoms with Gasteiger partial charge in [-0.1, -0.05) is 23.2 Å². The summed E-state index contributed by atoms with van der Waals surface area (Å²) in [6, 6.07) is 10.3. The van der Waals surface area contributed by atoms with E-state index in [2.05, 4.69) is 15.6 Å². The van der Waals surface area contributed by atoms with E-state index >= 15 is 0 Å². The first-order chi connectivity index (χ1) is 12.9. The Bertz CT molecular complexity index is 967. The molecule has 0 saturated heterocycles. The number of amides is 2. The van der Waals surface area contributed by atoms with E-state index in [4.69, 9.17) is 23.2 Å². The van der Waals surface area contributed by atoms with Crippen LogP contribution >= 0.6 is 45.9 Å². The second kappa shape index (κ2) is 8.84. The Morgan fingerprint density at radius 1 is 0.963 bits per heavy atom. The number of benzene rings is 1. The van der Waals surface area contributed by atoms with Crippen LogP contribution in [0.15, 0.2) is 36.4 Å². The Labute approximate surface area is 174 Å². The third-order valence-electron chi connectivity index (χ3n) is 3.59. The van der Waals surface area contributed by atoms with Gasteiger partial charge < -0.3 is 10.6 Å². The van der Waals surface area contributed by atoms with Gasteiger partial charge >= 0.3 is 0 Å². The van der Waals surface area contributed by atoms with Crippen molar-refractivity contribution in [1.82, 2.24) is 15.6 Å². The van der Waals surface area contributed by atoms with Gasteiger partial charge in [0.1, 0.15) is 9.88 Å². The monoisotopic (exact) mass is 439 g/mol. The molecule has 0 saturated carbocycles. The molecule has 27 heavy (non-hydrogen) atoms. The Morgan fingerprint density at radius 3 is 2.26 bits per heavy atom. The van der Waals surface area contributed by atoms with Crippen molar-refractivity contribution in [2.75, 3.05) is 13.1 Å². The van der Waals surface area contributed by atoms with E-state index in [0.29, 0.717) is 38.6 Å². The number of halogens is 2. The molecule has 1 aromatic carbocycles. The average Bonchev–Trinajstić information content (AvgIpc) is 3.24. The van der Waals surface area contributed by atoms with Crippen molar-refractivity contribution in [2.24, 2.45) is 0 Å². The predicted octanol–water partition coefficient (Wildman–Crippen LogP) is 4.65. The lowest BCUT2D eigenvalue weighted by Gasteiger charge is -2.06. The summed E-state index contributed by atoms with van der Waals surface area (Å²) in [5.41, 5.74) is 1.19. The summed E-state index contributed by atoms with van der Waals surface area (Å²) in [5.74, 6) is -0.425. The molecule has 0 radical (unpaired) electrons. The first-order valence-corrected chi connectivity index (χ1v) is 10.4. The minimum Gasteiger partial charge on any atom is -0.350 e. The molecule has 0 spiro atoms. The number of hydrogen-bond donors (Lipinski definition) is 2. The summed E-state index contributed by atoms with van der Waals surface area (Å²) in [6.45, 7) is 2.43. The number of rotatable bonds is 6. The van der Waals surface area contributed by atoms with E-state index in [1.54, 1.807) is 37.3 Å². The Balaban J connectivity index is 1.51. The molecule has 3 rings (SSSR count). The molecule has 0 atom stereocenters. The van der Waals surface area contributed by atoms with Crippen LogP contribution in [0.25, 0.3) is 9.88 Å². The van der Waals surface area contributed by atoms with Crippen molar-refractivity contribution < 1.29 is 9.59 Å². The number of carbonyl (C=O) groups excluding carboxylic acids is 2. The van der Waals surface area contributed by atoms with Gasteiger partial charge in [0.2, 0.25) is 0 Å². The summed E-state index contributed by atoms with van der Waals surface area (Å²) < 4.78 is 0.681. The molecule has 5 nitrogen and oxygen atoms in total. The molecule has 0 aliphatic carbocycles. The second-order valence-corrected chi connectivity index (χ2v) is 8.71. The normalized spacial score (nSPS) is 10.6. The Morgan fingerprint density at radius 2 is 1.63 bits per heavy atom. The smallest absolute Gasteiger partial charge is 0.263 e. The molecule has 140 valence electrons. The van der Waals surface area contributed by atoms with Crippen LogP contribution in [0.3, 0.4) is 0 Å². The van der Waals surface area contributed by atoms with Crippen LogP contribution in [-0.4, -0.2) is 29.9 Å². The fourth-order valence-electron chi connectivity index (χ4n) is 2.28. The number of carbonyl (C=O) groups is 2. The van der Waals surface area contributed by atoms with Crippen LogP contribution in [0.4, 0.5) is 0 Å². The number of aryl methyl sites for hydroxylation is 1. The van der Waals surface area contributed by atoms with Crippen LogP contribution in [-0.2, 0) is 0 Å². The minimum absolute atomic E-state index is 0.209. The molecule has 0 bridgehead atoms. The van der Waals surface area contributed by atoms with Gasteiger partial charge in [-0.15, -0.1) is 22.7 Å². The molecule has 0 fully saturated rings. The van der Waals surface area contributed by atoms with Crippen molar-refractivity contribution in [2.45, 2.75) is 6.92 Å². The highest BCUT2D eigenvalue weighted by molar-refractivity contribution is 7.24. The van der Waals surface area contributed by atoms with Crippen LogP contribution in [0.2, 0.25) is 9.36 Å². The topological polar surface area (TPSA) is 71.1 Å². The minimum atomic E-state index is -0.216. The highest BCUT2D eigenvalue weighted by Gasteiger charge is 2.17. The van der Waals surface area contributed by atoms with Crippen LogP contribution in [0.5, 0.6) is 0 Å². The summed E-state index contributed by atoms with van der Waals surface area (Å²) in [4.78, 5) is 30.3. The maximum atomic E-state index is 12.4. The molecule has 9 heteroatoms. The van der Waals surface area contributed by atoms with Gasteiger partial charge in [0.15, 0.2) is 0 Å². The number of aromatic nitrogens is 1. The second-order valence-electron chi connectivity index (χ2n) is 5.56. The summed E-state index contributed by atoms with van der Waals surface area (Å²) >= 11 is 14.5. The summed E-state index contributed by atoms with van der Waals surface area (Å²) in [6.07, 6.45) is 0. The van der Waals surface area contributed by atoms with E-state index in [-0.39, 0.29) is 11.8 Å². The van der Waals surface area contributed by atoms with Crippen LogP contribution in [0.1, 0.15) is 25.7 Å². The summed E-state index contributed by atoms with van der Waals surface area (Å²) in [5, 5.41) is 6.89. The third kappa shape index (κ3) is 5.07. The zero-order chi connectivity index (χ0) is 19.4. The lowest BCUT2D eigenvalue weighted by Crippen LogP contribution is -2.34. The van der Waals surface area contributed by atoms with Crippen LogP contribution in [0, 0.1) is 6.92 Å². The SMILES string of the molecule is Cc1nc(-c2ccc(Cl)s2)sc1C(=O)NCCNC(=O)c1ccc(Cl)cc1. The van der Waals surface area contributed by atoms with Crippen molar-refractivity contribution >= 4 is 57.7 Å². The number of hydrogen-bond acceptors (Lipinski definition) is 5. The fourth-order valence-corrected chi connectivity index (χ4v) is 4.48. The van der Waals surface area contributed by atoms with Gasteiger partial charge in [-0.05, 0) is 43.3 Å². The maximum Gasteiger partial charge on any atom is 0.263 e. The highest BCUT2D eigenvalue weighted by Crippen LogP contribution is 2.34. The first-order valence-electron chi connectivity index (χ1n) is 7.99. The highest BCUT2D eigenvalue weighted by atomic mass is 35.5. The van der Waals surface area contributed by atoms with Gasteiger partial charge in [0.05, 0.1) is 14.9 Å². The van der Waals surface area contributed by atoms with Crippen molar-refractivity contribution in [3.05, 3.63) is 61.9 Å². The Kier molecular flexibility index (Phi) is 6.49. The fraction of sp³-hybridized carbons (Fsp3) is 0.167. The van der Waals surface area contributed by atoms with Gasteiger partial charge in [-0.25, -0.2) is 4.98 Å². The lowest BCUT2D eigenvalue weighted by atomic mass is 10.2. The van der Waals surface area contributed by atoms with E-state index in [9.17, 15) is 9.59 Å². The number of nitrogens with one attached hydrogen (secondary N) is 2. The molecular weight excluding hydrogens is 425 g/mol. The number of nitrogens with zero attached hydrogens (tertiary/aromatic N) is 1. The maximum absolute atomic E-state index is 12.4. The zero-order valence-corrected chi connectivity index (χ0v) is 17.4. The van der Waals surface area contributed by atoms with Crippen molar-refractivity contribution in [3.63, 3.8) is 0 Å². The molecule has 3 aromatic rings. The summed E-state index contributed by atoms with van der Waals surface area (Å²) in [7, 11) is 0. The van der Waals surface area contributed by atoms with Gasteiger partial charge in [0, 0.05) is 23.7 Å². The quantitative estimate of drug-likeness (QED) is 0.549. The number of thiazole rings is 1. The standard InChI is InChI=1S/C18H15Cl2N3O2S2/c1-10-15(27-18(23-10)13-6-7-14(20)26-13)17(25)22-9-8-21-16(24)11-2-4-12(19)5-3-11/h2-7H,8-9H2,1H3,(H,21,24)(H,22,25). The average molecular weight is 440 g/mol. The van der Waals surface area contributed by atoms with E-state index in [1.165, 1.54) is 22.7 Å². The van der Waals surface area contributed by atoms with Gasteiger partial charge in [0.25, 0.3) is 11.8 Å². The van der Waals surface area contributed by atoms with Crippen molar-refractivity contribution in [3.8, 4) is 9.88 Å². The van der Waals surface area contributed by atoms with Gasteiger partial charge in [-0.2, -0.15) is 0 Å². The molecule has 2 amide bonds. The Hall–Kier alpha value is -1.93. The zero-order valence-electron chi connectivity index (χ0n) is 14.2. The first kappa shape index (κ1) is 19.8. The largest absolute Gasteiger partial charge is 0.350 e. The van der Waals surface area contributed by atoms with Crippen molar-refractivity contribution in [1.29, 1.82) is 0 Å². The van der Waals surface area contributed by atoms with E-state index in [1.807, 2.05) is 6.07 Å². The molecular formula is C18H15Cl2N3O2S2. The third-order valence-corrected chi connectivity index (χ3v) is 6.40. The molecule has 0 unspecified atom stereocenters. The molecule has 2 aromatic heterocycles. The molecule has 2 heterocycles. The predicted molar refractivity (Wildman–Crippen MR) is 111 cm³/mol. The van der Waals surface area contributed by atoms with E-state index < -0.39 is 0 Å². The number of thiophene rings is 1. The van der Waals surface area contributed by atoms with Crippen LogP contribution < -0.4 is 10.6 Å². The van der Waals surface area contributed by atoms with Gasteiger partial charge in [-0.3, -0.25) is 9.59 Å². The molecule has 2 N–H and O–H groups in total. The lowest BCUT2D eigenvalue weighted by molar-refractivity contribution is 0.0929. The molecule has 0 aliphatic rings. The molecule has 0 aliphatic heterocycles.